The summed E-state index contributed by atoms with van der Waals surface area (Å²) in [5, 5.41) is 22.7. The molecule has 2 amide bonds. The highest BCUT2D eigenvalue weighted by atomic mass is 16.3. The largest absolute Gasteiger partial charge is 0.507 e. The summed E-state index contributed by atoms with van der Waals surface area (Å²) in [6.45, 7) is 24.9. The first-order chi connectivity index (χ1) is 17.9. The van der Waals surface area contributed by atoms with E-state index in [1.807, 2.05) is 65.8 Å². The number of hydrazine groups is 1. The number of aryl methyl sites for hydroxylation is 2. The fourth-order valence-electron chi connectivity index (χ4n) is 4.64. The van der Waals surface area contributed by atoms with Gasteiger partial charge in [-0.25, -0.2) is 10.9 Å². The van der Waals surface area contributed by atoms with Crippen LogP contribution in [0.5, 0.6) is 11.5 Å². The fraction of sp³-hybridized carbons (Fsp3) is 0.588. The Morgan fingerprint density at radius 2 is 0.900 bits per heavy atom. The highest BCUT2D eigenvalue weighted by Crippen LogP contribution is 2.39. The smallest absolute Gasteiger partial charge is 0.243 e. The quantitative estimate of drug-likeness (QED) is 0.202. The van der Waals surface area contributed by atoms with Crippen molar-refractivity contribution in [2.24, 2.45) is 5.84 Å². The maximum Gasteiger partial charge on any atom is 0.243 e. The molecule has 0 aliphatic heterocycles. The molecule has 0 spiro atoms. The summed E-state index contributed by atoms with van der Waals surface area (Å²) in [5.74, 6) is 5.33. The fourth-order valence-corrected chi connectivity index (χ4v) is 4.64. The van der Waals surface area contributed by atoms with Crippen LogP contribution in [0.3, 0.4) is 0 Å². The number of carbonyl (C=O) groups excluding carboxylic acids is 2. The van der Waals surface area contributed by atoms with Gasteiger partial charge in [-0.2, -0.15) is 0 Å². The van der Waals surface area contributed by atoms with Crippen LogP contribution >= 0.6 is 0 Å². The molecule has 0 saturated heterocycles. The summed E-state index contributed by atoms with van der Waals surface area (Å²) >= 11 is 0. The number of hydrogen-bond donors (Lipinski definition) is 3. The zero-order valence-corrected chi connectivity index (χ0v) is 26.9. The summed E-state index contributed by atoms with van der Waals surface area (Å²) in [4.78, 5) is 25.9. The minimum atomic E-state index is -0.508. The van der Waals surface area contributed by atoms with Crippen LogP contribution in [0.15, 0.2) is 24.3 Å². The van der Waals surface area contributed by atoms with Crippen molar-refractivity contribution in [2.45, 2.75) is 130 Å². The Morgan fingerprint density at radius 3 is 1.15 bits per heavy atom. The number of amides is 2. The van der Waals surface area contributed by atoms with Crippen LogP contribution in [0.1, 0.15) is 129 Å². The van der Waals surface area contributed by atoms with Crippen LogP contribution in [0, 0.1) is 0 Å². The Hall–Kier alpha value is -2.86. The molecule has 0 heterocycles. The molecule has 0 fully saturated rings. The molecule has 0 radical (unpaired) electrons. The van der Waals surface area contributed by atoms with Crippen LogP contribution in [0.25, 0.3) is 0 Å². The normalized spacial score (nSPS) is 12.9. The van der Waals surface area contributed by atoms with Crippen molar-refractivity contribution in [3.63, 3.8) is 0 Å². The van der Waals surface area contributed by atoms with Gasteiger partial charge in [-0.15, -0.1) is 0 Å². The van der Waals surface area contributed by atoms with E-state index in [4.69, 9.17) is 5.84 Å². The van der Waals surface area contributed by atoms with Gasteiger partial charge in [0.25, 0.3) is 0 Å². The summed E-state index contributed by atoms with van der Waals surface area (Å²) in [6.07, 6.45) is 0.516. The first-order valence-electron chi connectivity index (χ1n) is 14.3. The van der Waals surface area contributed by atoms with Crippen LogP contribution in [0.2, 0.25) is 0 Å². The van der Waals surface area contributed by atoms with Gasteiger partial charge in [-0.05, 0) is 67.9 Å². The van der Waals surface area contributed by atoms with Crippen molar-refractivity contribution < 1.29 is 19.8 Å². The second-order valence-corrected chi connectivity index (χ2v) is 15.2. The summed E-state index contributed by atoms with van der Waals surface area (Å²) in [7, 11) is 0. The molecule has 0 aliphatic rings. The summed E-state index contributed by atoms with van der Waals surface area (Å²) in [6, 6.07) is 7.96. The van der Waals surface area contributed by atoms with Crippen molar-refractivity contribution in [2.75, 3.05) is 0 Å². The van der Waals surface area contributed by atoms with E-state index in [2.05, 4.69) is 41.5 Å². The van der Waals surface area contributed by atoms with Gasteiger partial charge in [-0.1, -0.05) is 107 Å². The Labute approximate surface area is 241 Å². The van der Waals surface area contributed by atoms with E-state index in [0.29, 0.717) is 16.1 Å². The van der Waals surface area contributed by atoms with Gasteiger partial charge in [0.2, 0.25) is 11.8 Å². The average molecular weight is 553 g/mol. The lowest BCUT2D eigenvalue weighted by molar-refractivity contribution is -0.145. The zero-order valence-electron chi connectivity index (χ0n) is 26.9. The van der Waals surface area contributed by atoms with Crippen molar-refractivity contribution in [1.82, 2.24) is 5.01 Å². The van der Waals surface area contributed by atoms with E-state index in [-0.39, 0.29) is 58.8 Å². The third-order valence-electron chi connectivity index (χ3n) is 7.48. The van der Waals surface area contributed by atoms with Crippen LogP contribution < -0.4 is 5.84 Å². The van der Waals surface area contributed by atoms with E-state index in [0.717, 1.165) is 22.3 Å². The lowest BCUT2D eigenvalue weighted by atomic mass is 9.78. The number of nitrogens with zero attached hydrogens (tertiary/aromatic N) is 1. The molecular weight excluding hydrogens is 500 g/mol. The van der Waals surface area contributed by atoms with Gasteiger partial charge in [0.1, 0.15) is 11.5 Å². The summed E-state index contributed by atoms with van der Waals surface area (Å²) < 4.78 is 0. The Morgan fingerprint density at radius 1 is 0.600 bits per heavy atom. The number of benzene rings is 2. The van der Waals surface area contributed by atoms with Crippen molar-refractivity contribution >= 4 is 11.8 Å². The van der Waals surface area contributed by atoms with Gasteiger partial charge in [-0.3, -0.25) is 9.59 Å². The lowest BCUT2D eigenvalue weighted by Gasteiger charge is -2.28. The van der Waals surface area contributed by atoms with Crippen molar-refractivity contribution in [1.29, 1.82) is 0 Å². The first-order valence-corrected chi connectivity index (χ1v) is 14.3. The molecule has 2 aromatic rings. The molecule has 0 unspecified atom stereocenters. The number of hydrogen-bond acceptors (Lipinski definition) is 5. The monoisotopic (exact) mass is 552 g/mol. The first kappa shape index (κ1) is 33.3. The van der Waals surface area contributed by atoms with Gasteiger partial charge in [0, 0.05) is 12.8 Å². The molecule has 6 nitrogen and oxygen atoms in total. The third kappa shape index (κ3) is 8.09. The molecular formula is C34H52N2O4. The Bertz CT molecular complexity index is 1150. The predicted octanol–water partition coefficient (Wildman–Crippen LogP) is 7.08. The SMILES string of the molecule is CC(C)(C)c1cc(CCC(=O)N(N)C(=O)CCc2cc(C(C)(C)C)cc(C(C)(C)C)c2O)c(O)c(C(C)(C)C)c1. The van der Waals surface area contributed by atoms with Crippen LogP contribution in [0.4, 0.5) is 0 Å². The molecule has 2 rings (SSSR count). The second kappa shape index (κ2) is 11.6. The predicted molar refractivity (Wildman–Crippen MR) is 164 cm³/mol. The van der Waals surface area contributed by atoms with Crippen molar-refractivity contribution in [3.8, 4) is 11.5 Å². The number of phenols is 2. The molecule has 0 bridgehead atoms. The molecule has 2 aromatic carbocycles. The number of rotatable bonds is 6. The molecule has 0 atom stereocenters. The molecule has 6 heteroatoms. The summed E-state index contributed by atoms with van der Waals surface area (Å²) in [5.41, 5.74) is 4.33. The lowest BCUT2D eigenvalue weighted by Crippen LogP contribution is -2.42. The number of nitrogens with two attached hydrogens (primary N) is 1. The van der Waals surface area contributed by atoms with E-state index in [1.165, 1.54) is 0 Å². The van der Waals surface area contributed by atoms with E-state index < -0.39 is 11.8 Å². The minimum Gasteiger partial charge on any atom is -0.507 e. The maximum atomic E-state index is 12.9. The maximum absolute atomic E-state index is 12.9. The van der Waals surface area contributed by atoms with Crippen LogP contribution in [-0.2, 0) is 44.1 Å². The van der Waals surface area contributed by atoms with Gasteiger partial charge < -0.3 is 10.2 Å². The Balaban J connectivity index is 2.21. The van der Waals surface area contributed by atoms with Gasteiger partial charge in [0.05, 0.1) is 0 Å². The molecule has 4 N–H and O–H groups in total. The highest BCUT2D eigenvalue weighted by Gasteiger charge is 2.28. The topological polar surface area (TPSA) is 104 Å². The minimum absolute atomic E-state index is 0.00803. The van der Waals surface area contributed by atoms with Crippen molar-refractivity contribution in [3.05, 3.63) is 57.6 Å². The number of phenolic OH excluding ortho intramolecular Hbond substituents is 2. The Kier molecular flexibility index (Phi) is 9.63. The van der Waals surface area contributed by atoms with Gasteiger partial charge >= 0.3 is 0 Å². The van der Waals surface area contributed by atoms with E-state index in [9.17, 15) is 19.8 Å². The zero-order chi connectivity index (χ0) is 31.0. The molecule has 0 aliphatic carbocycles. The molecule has 40 heavy (non-hydrogen) atoms. The molecule has 222 valence electrons. The van der Waals surface area contributed by atoms with Gasteiger partial charge in [0.15, 0.2) is 0 Å². The number of carbonyl (C=O) groups is 2. The number of aromatic hydroxyl groups is 2. The number of imide groups is 1. The standard InChI is InChI=1S/C34H52N2O4/c1-31(2,3)23-17-21(29(39)25(19-23)33(7,8)9)13-15-27(37)36(35)28(38)16-14-22-18-24(32(4,5)6)20-26(30(22)40)34(10,11)12/h17-20,39-40H,13-16,35H2,1-12H3. The molecule has 0 aromatic heterocycles. The highest BCUT2D eigenvalue weighted by molar-refractivity contribution is 5.94. The molecule has 0 saturated carbocycles. The average Bonchev–Trinajstić information content (AvgIpc) is 2.78. The second-order valence-electron chi connectivity index (χ2n) is 15.2. The third-order valence-corrected chi connectivity index (χ3v) is 7.48. The van der Waals surface area contributed by atoms with Crippen LogP contribution in [-0.4, -0.2) is 27.0 Å². The van der Waals surface area contributed by atoms with E-state index in [1.54, 1.807) is 0 Å². The van der Waals surface area contributed by atoms with E-state index >= 15 is 0 Å².